The number of amides is 1. The zero-order valence-electron chi connectivity index (χ0n) is 12.3. The van der Waals surface area contributed by atoms with Crippen molar-refractivity contribution in [2.24, 2.45) is 0 Å². The minimum absolute atomic E-state index is 0.00373. The number of nitrogens with zero attached hydrogens (tertiary/aromatic N) is 2. The van der Waals surface area contributed by atoms with E-state index in [1.54, 1.807) is 13.8 Å². The Morgan fingerprint density at radius 1 is 1.35 bits per heavy atom. The van der Waals surface area contributed by atoms with E-state index in [0.29, 0.717) is 11.4 Å². The Morgan fingerprint density at radius 3 is 2.52 bits per heavy atom. The van der Waals surface area contributed by atoms with Crippen LogP contribution in [0.5, 0.6) is 5.75 Å². The maximum Gasteiger partial charge on any atom is 0.573 e. The predicted octanol–water partition coefficient (Wildman–Crippen LogP) is 2.70. The lowest BCUT2D eigenvalue weighted by atomic mass is 10.1. The highest BCUT2D eigenvalue weighted by Gasteiger charge is 2.30. The molecule has 1 N–H and O–H groups in total. The van der Waals surface area contributed by atoms with Gasteiger partial charge in [0, 0.05) is 0 Å². The van der Waals surface area contributed by atoms with Crippen LogP contribution in [0.1, 0.15) is 30.2 Å². The number of nitrogens with one attached hydrogen (secondary N) is 1. The van der Waals surface area contributed by atoms with E-state index in [1.807, 2.05) is 0 Å². The smallest absolute Gasteiger partial charge is 0.406 e. The molecule has 124 valence electrons. The average Bonchev–Trinajstić information content (AvgIpc) is 2.86. The highest BCUT2D eigenvalue weighted by atomic mass is 19.4. The molecule has 1 unspecified atom stereocenters. The van der Waals surface area contributed by atoms with Crippen molar-refractivity contribution >= 4 is 5.91 Å². The lowest BCUT2D eigenvalue weighted by molar-refractivity contribution is -0.274. The van der Waals surface area contributed by atoms with Crippen molar-refractivity contribution in [1.82, 2.24) is 15.5 Å². The summed E-state index contributed by atoms with van der Waals surface area (Å²) in [6.45, 7) is 3.34. The Labute approximate surface area is 129 Å². The molecule has 0 aliphatic rings. The summed E-state index contributed by atoms with van der Waals surface area (Å²) in [6.07, 6.45) is -4.74. The first kappa shape index (κ1) is 16.8. The number of rotatable bonds is 5. The van der Waals surface area contributed by atoms with Gasteiger partial charge in [-0.1, -0.05) is 17.3 Å². The number of hydrogen-bond donors (Lipinski definition) is 1. The standard InChI is InChI=1S/C14H14F3N3O3/c1-8(13-19-9(2)20-23-13)18-12(21)7-10-3-5-11(6-4-10)22-14(15,16)17/h3-6,8H,7H2,1-2H3,(H,18,21). The molecule has 0 aliphatic carbocycles. The minimum atomic E-state index is -4.74. The van der Waals surface area contributed by atoms with Gasteiger partial charge in [0.05, 0.1) is 6.42 Å². The second-order valence-electron chi connectivity index (χ2n) is 4.84. The minimum Gasteiger partial charge on any atom is -0.406 e. The second-order valence-corrected chi connectivity index (χ2v) is 4.84. The fourth-order valence-corrected chi connectivity index (χ4v) is 1.84. The number of benzene rings is 1. The molecule has 1 amide bonds. The van der Waals surface area contributed by atoms with Gasteiger partial charge in [0.2, 0.25) is 11.8 Å². The van der Waals surface area contributed by atoms with Crippen molar-refractivity contribution in [2.45, 2.75) is 32.7 Å². The Balaban J connectivity index is 1.90. The number of aryl methyl sites for hydroxylation is 1. The first-order valence-corrected chi connectivity index (χ1v) is 6.67. The SMILES string of the molecule is Cc1noc(C(C)NC(=O)Cc2ccc(OC(F)(F)F)cc2)n1. The van der Waals surface area contributed by atoms with E-state index in [1.165, 1.54) is 12.1 Å². The summed E-state index contributed by atoms with van der Waals surface area (Å²) in [7, 11) is 0. The molecular weight excluding hydrogens is 315 g/mol. The number of carbonyl (C=O) groups is 1. The number of hydrogen-bond acceptors (Lipinski definition) is 5. The molecule has 2 aromatic rings. The third-order valence-corrected chi connectivity index (χ3v) is 2.81. The number of carbonyl (C=O) groups excluding carboxylic acids is 1. The molecular formula is C14H14F3N3O3. The van der Waals surface area contributed by atoms with Crippen molar-refractivity contribution in [3.8, 4) is 5.75 Å². The van der Waals surface area contributed by atoms with Gasteiger partial charge >= 0.3 is 6.36 Å². The molecule has 1 aromatic carbocycles. The summed E-state index contributed by atoms with van der Waals surface area (Å²) in [5.74, 6) is 0.0836. The molecule has 1 aromatic heterocycles. The lowest BCUT2D eigenvalue weighted by Gasteiger charge is -2.11. The first-order valence-electron chi connectivity index (χ1n) is 6.67. The first-order chi connectivity index (χ1) is 10.7. The van der Waals surface area contributed by atoms with Gasteiger partial charge in [-0.2, -0.15) is 4.98 Å². The molecule has 0 radical (unpaired) electrons. The molecule has 23 heavy (non-hydrogen) atoms. The molecule has 1 atom stereocenters. The van der Waals surface area contributed by atoms with Gasteiger partial charge in [-0.25, -0.2) is 0 Å². The van der Waals surface area contributed by atoms with Gasteiger partial charge in [0.1, 0.15) is 11.8 Å². The summed E-state index contributed by atoms with van der Waals surface area (Å²) < 4.78 is 44.9. The fraction of sp³-hybridized carbons (Fsp3) is 0.357. The number of alkyl halides is 3. The van der Waals surface area contributed by atoms with Crippen molar-refractivity contribution in [3.05, 3.63) is 41.5 Å². The number of halogens is 3. The van der Waals surface area contributed by atoms with Gasteiger partial charge in [-0.3, -0.25) is 4.79 Å². The van der Waals surface area contributed by atoms with Crippen LogP contribution in [0, 0.1) is 6.92 Å². The van der Waals surface area contributed by atoms with E-state index in [2.05, 4.69) is 20.2 Å². The molecule has 0 saturated carbocycles. The molecule has 9 heteroatoms. The van der Waals surface area contributed by atoms with E-state index in [0.717, 1.165) is 12.1 Å². The van der Waals surface area contributed by atoms with Crippen LogP contribution in [0.3, 0.4) is 0 Å². The molecule has 0 fully saturated rings. The number of aromatic nitrogens is 2. The van der Waals surface area contributed by atoms with Gasteiger partial charge < -0.3 is 14.6 Å². The number of ether oxygens (including phenoxy) is 1. The summed E-state index contributed by atoms with van der Waals surface area (Å²) in [4.78, 5) is 15.9. The molecule has 1 heterocycles. The van der Waals surface area contributed by atoms with Crippen LogP contribution in [0.15, 0.2) is 28.8 Å². The molecule has 2 rings (SSSR count). The maximum absolute atomic E-state index is 12.1. The maximum atomic E-state index is 12.1. The normalized spacial score (nSPS) is 12.7. The van der Waals surface area contributed by atoms with Crippen LogP contribution in [0.4, 0.5) is 13.2 Å². The van der Waals surface area contributed by atoms with E-state index in [-0.39, 0.29) is 24.0 Å². The zero-order chi connectivity index (χ0) is 17.0. The van der Waals surface area contributed by atoms with Crippen LogP contribution in [0.2, 0.25) is 0 Å². The summed E-state index contributed by atoms with van der Waals surface area (Å²) in [5.41, 5.74) is 0.547. The van der Waals surface area contributed by atoms with Crippen LogP contribution in [-0.4, -0.2) is 22.4 Å². The van der Waals surface area contributed by atoms with Crippen molar-refractivity contribution in [1.29, 1.82) is 0 Å². The Hall–Kier alpha value is -2.58. The second kappa shape index (κ2) is 6.67. The van der Waals surface area contributed by atoms with Crippen LogP contribution < -0.4 is 10.1 Å². The molecule has 0 bridgehead atoms. The molecule has 0 spiro atoms. The van der Waals surface area contributed by atoms with Gasteiger partial charge in [0.25, 0.3) is 0 Å². The third kappa shape index (κ3) is 5.28. The average molecular weight is 329 g/mol. The predicted molar refractivity (Wildman–Crippen MR) is 72.4 cm³/mol. The summed E-state index contributed by atoms with van der Waals surface area (Å²) in [5, 5.41) is 6.29. The fourth-order valence-electron chi connectivity index (χ4n) is 1.84. The molecule has 6 nitrogen and oxygen atoms in total. The van der Waals surface area contributed by atoms with E-state index in [9.17, 15) is 18.0 Å². The zero-order valence-corrected chi connectivity index (χ0v) is 12.3. The Kier molecular flexibility index (Phi) is 4.87. The highest BCUT2D eigenvalue weighted by molar-refractivity contribution is 5.78. The van der Waals surface area contributed by atoms with Gasteiger partial charge in [0.15, 0.2) is 5.82 Å². The van der Waals surface area contributed by atoms with E-state index in [4.69, 9.17) is 4.52 Å². The monoisotopic (exact) mass is 329 g/mol. The largest absolute Gasteiger partial charge is 0.573 e. The van der Waals surface area contributed by atoms with Gasteiger partial charge in [-0.05, 0) is 31.5 Å². The van der Waals surface area contributed by atoms with E-state index >= 15 is 0 Å². The third-order valence-electron chi connectivity index (χ3n) is 2.81. The lowest BCUT2D eigenvalue weighted by Crippen LogP contribution is -2.28. The van der Waals surface area contributed by atoms with Crippen molar-refractivity contribution in [2.75, 3.05) is 0 Å². The highest BCUT2D eigenvalue weighted by Crippen LogP contribution is 2.22. The van der Waals surface area contributed by atoms with E-state index < -0.39 is 12.4 Å². The van der Waals surface area contributed by atoms with Gasteiger partial charge in [-0.15, -0.1) is 13.2 Å². The molecule has 0 saturated heterocycles. The van der Waals surface area contributed by atoms with Crippen LogP contribution >= 0.6 is 0 Å². The topological polar surface area (TPSA) is 77.2 Å². The van der Waals surface area contributed by atoms with Crippen LogP contribution in [0.25, 0.3) is 0 Å². The van der Waals surface area contributed by atoms with Crippen molar-refractivity contribution < 1.29 is 27.2 Å². The molecule has 0 aliphatic heterocycles. The van der Waals surface area contributed by atoms with Crippen LogP contribution in [-0.2, 0) is 11.2 Å². The Morgan fingerprint density at radius 2 is 2.00 bits per heavy atom. The summed E-state index contributed by atoms with van der Waals surface area (Å²) in [6, 6.07) is 4.63. The summed E-state index contributed by atoms with van der Waals surface area (Å²) >= 11 is 0. The Bertz CT molecular complexity index is 668. The van der Waals surface area contributed by atoms with Crippen molar-refractivity contribution in [3.63, 3.8) is 0 Å². The quantitative estimate of drug-likeness (QED) is 0.912.